The zero-order valence-corrected chi connectivity index (χ0v) is 12.2. The Balaban J connectivity index is 1.71. The number of rotatable bonds is 2. The minimum absolute atomic E-state index is 0.275. The van der Waals surface area contributed by atoms with Gasteiger partial charge in [0, 0.05) is 18.5 Å². The minimum Gasteiger partial charge on any atom is -0.490 e. The van der Waals surface area contributed by atoms with E-state index < -0.39 is 0 Å². The fraction of sp³-hybridized carbons (Fsp3) is 0.588. The molecule has 3 heteroatoms. The molecule has 3 rings (SSSR count). The number of hydrogen-bond donors (Lipinski definition) is 0. The topological polar surface area (TPSA) is 29.5 Å². The summed E-state index contributed by atoms with van der Waals surface area (Å²) in [6, 6.07) is 6.07. The molecule has 1 unspecified atom stereocenters. The van der Waals surface area contributed by atoms with E-state index >= 15 is 0 Å². The van der Waals surface area contributed by atoms with E-state index in [0.29, 0.717) is 6.42 Å². The van der Waals surface area contributed by atoms with Crippen molar-refractivity contribution >= 4 is 5.78 Å². The van der Waals surface area contributed by atoms with Crippen molar-refractivity contribution in [3.8, 4) is 5.75 Å². The van der Waals surface area contributed by atoms with Gasteiger partial charge in [-0.2, -0.15) is 0 Å². The van der Waals surface area contributed by atoms with Gasteiger partial charge in [-0.05, 0) is 63.4 Å². The van der Waals surface area contributed by atoms with Gasteiger partial charge in [0.05, 0.1) is 6.10 Å². The van der Waals surface area contributed by atoms with Crippen molar-refractivity contribution in [2.45, 2.75) is 44.6 Å². The summed E-state index contributed by atoms with van der Waals surface area (Å²) in [7, 11) is 2.17. The van der Waals surface area contributed by atoms with Crippen LogP contribution in [0.4, 0.5) is 0 Å². The summed E-state index contributed by atoms with van der Waals surface area (Å²) in [6.07, 6.45) is 6.35. The molecular formula is C17H23NO2. The minimum atomic E-state index is 0.275. The van der Waals surface area contributed by atoms with Gasteiger partial charge in [0.15, 0.2) is 5.78 Å². The SMILES string of the molecule is CN1CCCC(Oc2ccc3c(c2)C(=O)CCC3)CC1. The highest BCUT2D eigenvalue weighted by molar-refractivity contribution is 5.98. The predicted octanol–water partition coefficient (Wildman–Crippen LogP) is 3.07. The molecule has 108 valence electrons. The average molecular weight is 273 g/mol. The van der Waals surface area contributed by atoms with E-state index in [1.54, 1.807) is 0 Å². The van der Waals surface area contributed by atoms with Crippen LogP contribution in [0.2, 0.25) is 0 Å². The molecule has 3 nitrogen and oxygen atoms in total. The molecule has 0 N–H and O–H groups in total. The van der Waals surface area contributed by atoms with Crippen LogP contribution in [-0.4, -0.2) is 36.9 Å². The van der Waals surface area contributed by atoms with E-state index in [0.717, 1.165) is 50.1 Å². The quantitative estimate of drug-likeness (QED) is 0.829. The molecule has 1 aliphatic heterocycles. The Morgan fingerprint density at radius 2 is 2.05 bits per heavy atom. The van der Waals surface area contributed by atoms with Crippen LogP contribution in [0, 0.1) is 0 Å². The maximum Gasteiger partial charge on any atom is 0.163 e. The summed E-state index contributed by atoms with van der Waals surface area (Å²) in [6.45, 7) is 2.25. The first-order valence-electron chi connectivity index (χ1n) is 7.74. The number of hydrogen-bond acceptors (Lipinski definition) is 3. The number of likely N-dealkylation sites (tertiary alicyclic amines) is 1. The Hall–Kier alpha value is -1.35. The van der Waals surface area contributed by atoms with Crippen molar-refractivity contribution in [1.82, 2.24) is 4.90 Å². The molecule has 1 aliphatic carbocycles. The van der Waals surface area contributed by atoms with Gasteiger partial charge in [-0.1, -0.05) is 6.07 Å². The molecule has 1 saturated heterocycles. The highest BCUT2D eigenvalue weighted by Crippen LogP contribution is 2.27. The number of ketones is 1. The van der Waals surface area contributed by atoms with Crippen LogP contribution in [0.5, 0.6) is 5.75 Å². The van der Waals surface area contributed by atoms with Crippen LogP contribution in [0.15, 0.2) is 18.2 Å². The van der Waals surface area contributed by atoms with Crippen LogP contribution in [-0.2, 0) is 6.42 Å². The first-order chi connectivity index (χ1) is 9.72. The lowest BCUT2D eigenvalue weighted by molar-refractivity contribution is 0.0971. The number of aryl methyl sites for hydroxylation is 1. The highest BCUT2D eigenvalue weighted by atomic mass is 16.5. The summed E-state index contributed by atoms with van der Waals surface area (Å²) in [5.41, 5.74) is 2.08. The Morgan fingerprint density at radius 3 is 2.95 bits per heavy atom. The monoisotopic (exact) mass is 273 g/mol. The fourth-order valence-electron chi connectivity index (χ4n) is 3.20. The molecule has 1 fully saturated rings. The average Bonchev–Trinajstić information content (AvgIpc) is 2.65. The largest absolute Gasteiger partial charge is 0.490 e. The molecule has 2 aliphatic rings. The highest BCUT2D eigenvalue weighted by Gasteiger charge is 2.20. The number of Topliss-reactive ketones (excluding diaryl/α,β-unsaturated/α-hetero) is 1. The summed E-state index contributed by atoms with van der Waals surface area (Å²) in [5, 5.41) is 0. The first kappa shape index (κ1) is 13.6. The van der Waals surface area contributed by atoms with Gasteiger partial charge in [-0.25, -0.2) is 0 Å². The Morgan fingerprint density at radius 1 is 1.15 bits per heavy atom. The fourth-order valence-corrected chi connectivity index (χ4v) is 3.20. The number of nitrogens with zero attached hydrogens (tertiary/aromatic N) is 1. The van der Waals surface area contributed by atoms with E-state index in [-0.39, 0.29) is 11.9 Å². The number of carbonyl (C=O) groups excluding carboxylic acids is 1. The number of carbonyl (C=O) groups is 1. The van der Waals surface area contributed by atoms with Gasteiger partial charge in [-0.3, -0.25) is 4.79 Å². The van der Waals surface area contributed by atoms with Crippen molar-refractivity contribution in [3.05, 3.63) is 29.3 Å². The first-order valence-corrected chi connectivity index (χ1v) is 7.74. The van der Waals surface area contributed by atoms with Crippen molar-refractivity contribution in [2.24, 2.45) is 0 Å². The van der Waals surface area contributed by atoms with Crippen LogP contribution >= 0.6 is 0 Å². The smallest absolute Gasteiger partial charge is 0.163 e. The lowest BCUT2D eigenvalue weighted by Gasteiger charge is -2.20. The number of fused-ring (bicyclic) bond motifs is 1. The maximum absolute atomic E-state index is 12.0. The van der Waals surface area contributed by atoms with Crippen molar-refractivity contribution < 1.29 is 9.53 Å². The van der Waals surface area contributed by atoms with Gasteiger partial charge in [0.1, 0.15) is 5.75 Å². The van der Waals surface area contributed by atoms with E-state index in [2.05, 4.69) is 18.0 Å². The van der Waals surface area contributed by atoms with Gasteiger partial charge < -0.3 is 9.64 Å². The standard InChI is InChI=1S/C17H23NO2/c1-18-10-3-5-14(9-11-18)20-15-8-7-13-4-2-6-17(19)16(13)12-15/h7-8,12,14H,2-6,9-11H2,1H3. The second kappa shape index (κ2) is 5.96. The molecule has 1 atom stereocenters. The van der Waals surface area contributed by atoms with Gasteiger partial charge >= 0.3 is 0 Å². The number of ether oxygens (including phenoxy) is 1. The molecule has 20 heavy (non-hydrogen) atoms. The molecule has 1 aromatic carbocycles. The van der Waals surface area contributed by atoms with Gasteiger partial charge in [0.2, 0.25) is 0 Å². The molecule has 0 aromatic heterocycles. The summed E-state index contributed by atoms with van der Waals surface area (Å²) in [4.78, 5) is 14.3. The zero-order valence-electron chi connectivity index (χ0n) is 12.2. The lowest BCUT2D eigenvalue weighted by Crippen LogP contribution is -2.21. The Bertz CT molecular complexity index is 498. The second-order valence-electron chi connectivity index (χ2n) is 6.07. The molecule has 1 aromatic rings. The molecule has 0 amide bonds. The summed E-state index contributed by atoms with van der Waals surface area (Å²) in [5.74, 6) is 1.14. The molecule has 0 bridgehead atoms. The van der Waals surface area contributed by atoms with E-state index in [4.69, 9.17) is 4.74 Å². The second-order valence-corrected chi connectivity index (χ2v) is 6.07. The molecule has 0 saturated carbocycles. The zero-order chi connectivity index (χ0) is 13.9. The number of benzene rings is 1. The molecular weight excluding hydrogens is 250 g/mol. The third-order valence-corrected chi connectivity index (χ3v) is 4.43. The van der Waals surface area contributed by atoms with E-state index in [9.17, 15) is 4.79 Å². The Labute approximate surface area is 120 Å². The van der Waals surface area contributed by atoms with Crippen LogP contribution in [0.1, 0.15) is 48.0 Å². The van der Waals surface area contributed by atoms with Gasteiger partial charge in [0.25, 0.3) is 0 Å². The normalized spacial score (nSPS) is 24.1. The summed E-state index contributed by atoms with van der Waals surface area (Å²) < 4.78 is 6.12. The molecule has 1 heterocycles. The third-order valence-electron chi connectivity index (χ3n) is 4.43. The van der Waals surface area contributed by atoms with Crippen LogP contribution in [0.3, 0.4) is 0 Å². The summed E-state index contributed by atoms with van der Waals surface area (Å²) >= 11 is 0. The molecule has 0 radical (unpaired) electrons. The van der Waals surface area contributed by atoms with Crippen LogP contribution < -0.4 is 4.74 Å². The van der Waals surface area contributed by atoms with E-state index in [1.807, 2.05) is 12.1 Å². The van der Waals surface area contributed by atoms with Gasteiger partial charge in [-0.15, -0.1) is 0 Å². The Kier molecular flexibility index (Phi) is 4.06. The maximum atomic E-state index is 12.0. The third kappa shape index (κ3) is 3.04. The predicted molar refractivity (Wildman–Crippen MR) is 79.5 cm³/mol. The lowest BCUT2D eigenvalue weighted by atomic mass is 9.90. The van der Waals surface area contributed by atoms with Crippen molar-refractivity contribution in [2.75, 3.05) is 20.1 Å². The van der Waals surface area contributed by atoms with E-state index in [1.165, 1.54) is 12.0 Å². The van der Waals surface area contributed by atoms with Crippen molar-refractivity contribution in [3.63, 3.8) is 0 Å². The molecule has 0 spiro atoms. The van der Waals surface area contributed by atoms with Crippen LogP contribution in [0.25, 0.3) is 0 Å². The van der Waals surface area contributed by atoms with Crippen molar-refractivity contribution in [1.29, 1.82) is 0 Å².